The van der Waals surface area contributed by atoms with Crippen molar-refractivity contribution in [2.75, 3.05) is 26.2 Å². The largest absolute Gasteiger partial charge is 0.336 e. The number of amides is 1. The van der Waals surface area contributed by atoms with E-state index in [1.807, 2.05) is 23.1 Å². The Hall–Kier alpha value is -2.21. The van der Waals surface area contributed by atoms with Crippen molar-refractivity contribution < 1.29 is 4.79 Å². The van der Waals surface area contributed by atoms with E-state index in [0.717, 1.165) is 43.2 Å². The summed E-state index contributed by atoms with van der Waals surface area (Å²) in [7, 11) is 0. The SMILES string of the molecule is CC(C)C1CN(C(=O)c2cc(-c3ccncc3)n[nH]2)CCCN1CC1CC1. The minimum absolute atomic E-state index is 0.0572. The number of pyridine rings is 1. The molecule has 1 unspecified atom stereocenters. The highest BCUT2D eigenvalue weighted by Gasteiger charge is 2.33. The van der Waals surface area contributed by atoms with Crippen LogP contribution in [-0.4, -0.2) is 63.1 Å². The molecule has 2 aromatic heterocycles. The molecule has 3 heterocycles. The van der Waals surface area contributed by atoms with E-state index in [1.165, 1.54) is 19.4 Å². The highest BCUT2D eigenvalue weighted by atomic mass is 16.2. The molecule has 144 valence electrons. The monoisotopic (exact) mass is 367 g/mol. The standard InChI is InChI=1S/C21H29N5O/c1-15(2)20-14-26(11-3-10-25(20)13-16-4-5-16)21(27)19-12-18(23-24-19)17-6-8-22-9-7-17/h6-9,12,15-16,20H,3-5,10-11,13-14H2,1-2H3,(H,23,24). The maximum atomic E-state index is 13.1. The van der Waals surface area contributed by atoms with Gasteiger partial charge in [0.15, 0.2) is 0 Å². The van der Waals surface area contributed by atoms with Gasteiger partial charge in [-0.05, 0) is 49.3 Å². The number of hydrogen-bond acceptors (Lipinski definition) is 4. The molecule has 1 atom stereocenters. The van der Waals surface area contributed by atoms with E-state index in [4.69, 9.17) is 0 Å². The van der Waals surface area contributed by atoms with Crippen molar-refractivity contribution in [2.45, 2.75) is 39.2 Å². The molecule has 1 saturated heterocycles. The van der Waals surface area contributed by atoms with Gasteiger partial charge in [0.1, 0.15) is 5.69 Å². The number of H-pyrrole nitrogens is 1. The van der Waals surface area contributed by atoms with Crippen LogP contribution in [0.3, 0.4) is 0 Å². The van der Waals surface area contributed by atoms with E-state index in [9.17, 15) is 4.79 Å². The van der Waals surface area contributed by atoms with Gasteiger partial charge in [-0.15, -0.1) is 0 Å². The maximum Gasteiger partial charge on any atom is 0.271 e. The van der Waals surface area contributed by atoms with Crippen LogP contribution >= 0.6 is 0 Å². The summed E-state index contributed by atoms with van der Waals surface area (Å²) < 4.78 is 0. The summed E-state index contributed by atoms with van der Waals surface area (Å²) in [5, 5.41) is 7.28. The predicted molar refractivity (Wildman–Crippen MR) is 105 cm³/mol. The average Bonchev–Trinajstić information content (AvgIpc) is 3.40. The predicted octanol–water partition coefficient (Wildman–Crippen LogP) is 3.05. The lowest BCUT2D eigenvalue weighted by Crippen LogP contribution is -2.46. The van der Waals surface area contributed by atoms with Gasteiger partial charge in [0.25, 0.3) is 5.91 Å². The van der Waals surface area contributed by atoms with Gasteiger partial charge in [-0.25, -0.2) is 0 Å². The molecule has 1 saturated carbocycles. The van der Waals surface area contributed by atoms with Crippen LogP contribution in [0.25, 0.3) is 11.3 Å². The summed E-state index contributed by atoms with van der Waals surface area (Å²) in [5.74, 6) is 1.47. The normalized spacial score (nSPS) is 21.4. The Balaban J connectivity index is 1.48. The van der Waals surface area contributed by atoms with Crippen molar-refractivity contribution >= 4 is 5.91 Å². The quantitative estimate of drug-likeness (QED) is 0.882. The molecule has 0 spiro atoms. The van der Waals surface area contributed by atoms with Gasteiger partial charge in [0.2, 0.25) is 0 Å². The summed E-state index contributed by atoms with van der Waals surface area (Å²) in [6.45, 7) is 8.45. The lowest BCUT2D eigenvalue weighted by molar-refractivity contribution is 0.0698. The van der Waals surface area contributed by atoms with Crippen LogP contribution in [0.1, 0.15) is 43.6 Å². The van der Waals surface area contributed by atoms with Crippen molar-refractivity contribution in [3.8, 4) is 11.3 Å². The number of carbonyl (C=O) groups is 1. The number of nitrogens with one attached hydrogen (secondary N) is 1. The Morgan fingerprint density at radius 3 is 2.74 bits per heavy atom. The second-order valence-corrected chi connectivity index (χ2v) is 8.26. The second-order valence-electron chi connectivity index (χ2n) is 8.26. The smallest absolute Gasteiger partial charge is 0.271 e. The van der Waals surface area contributed by atoms with Crippen LogP contribution in [0.4, 0.5) is 0 Å². The summed E-state index contributed by atoms with van der Waals surface area (Å²) in [6.07, 6.45) is 7.25. The minimum atomic E-state index is 0.0572. The zero-order chi connectivity index (χ0) is 18.8. The van der Waals surface area contributed by atoms with E-state index in [1.54, 1.807) is 12.4 Å². The summed E-state index contributed by atoms with van der Waals surface area (Å²) in [5.41, 5.74) is 2.32. The van der Waals surface area contributed by atoms with E-state index in [0.29, 0.717) is 17.7 Å². The first-order valence-electron chi connectivity index (χ1n) is 10.1. The zero-order valence-electron chi connectivity index (χ0n) is 16.3. The first kappa shape index (κ1) is 18.2. The summed E-state index contributed by atoms with van der Waals surface area (Å²) in [6, 6.07) is 6.09. The van der Waals surface area contributed by atoms with Gasteiger partial charge in [0, 0.05) is 50.2 Å². The zero-order valence-corrected chi connectivity index (χ0v) is 16.3. The molecular formula is C21H29N5O. The van der Waals surface area contributed by atoms with Crippen LogP contribution in [-0.2, 0) is 0 Å². The summed E-state index contributed by atoms with van der Waals surface area (Å²) in [4.78, 5) is 21.8. The van der Waals surface area contributed by atoms with Crippen LogP contribution in [0.2, 0.25) is 0 Å². The Labute approximate surface area is 161 Å². The minimum Gasteiger partial charge on any atom is -0.336 e. The molecule has 6 heteroatoms. The van der Waals surface area contributed by atoms with E-state index in [2.05, 4.69) is 33.9 Å². The number of aromatic amines is 1. The lowest BCUT2D eigenvalue weighted by Gasteiger charge is -2.34. The van der Waals surface area contributed by atoms with Crippen molar-refractivity contribution in [3.05, 3.63) is 36.3 Å². The molecule has 1 amide bonds. The summed E-state index contributed by atoms with van der Waals surface area (Å²) >= 11 is 0. The Bertz CT molecular complexity index is 768. The van der Waals surface area contributed by atoms with E-state index < -0.39 is 0 Å². The molecule has 4 rings (SSSR count). The van der Waals surface area contributed by atoms with Gasteiger partial charge in [-0.2, -0.15) is 5.10 Å². The average molecular weight is 367 g/mol. The molecule has 1 aliphatic carbocycles. The Morgan fingerprint density at radius 1 is 1.26 bits per heavy atom. The number of rotatable bonds is 5. The van der Waals surface area contributed by atoms with Gasteiger partial charge in [-0.3, -0.25) is 19.8 Å². The van der Waals surface area contributed by atoms with Crippen LogP contribution in [0.5, 0.6) is 0 Å². The second kappa shape index (κ2) is 7.80. The van der Waals surface area contributed by atoms with Crippen molar-refractivity contribution in [2.24, 2.45) is 11.8 Å². The molecule has 0 aromatic carbocycles. The van der Waals surface area contributed by atoms with E-state index >= 15 is 0 Å². The van der Waals surface area contributed by atoms with Crippen molar-refractivity contribution in [1.29, 1.82) is 0 Å². The van der Waals surface area contributed by atoms with Gasteiger partial charge >= 0.3 is 0 Å². The topological polar surface area (TPSA) is 65.1 Å². The van der Waals surface area contributed by atoms with Gasteiger partial charge in [-0.1, -0.05) is 13.8 Å². The molecule has 2 aromatic rings. The van der Waals surface area contributed by atoms with Crippen LogP contribution in [0.15, 0.2) is 30.6 Å². The maximum absolute atomic E-state index is 13.1. The Kier molecular flexibility index (Phi) is 5.25. The van der Waals surface area contributed by atoms with Crippen LogP contribution in [0, 0.1) is 11.8 Å². The molecule has 27 heavy (non-hydrogen) atoms. The molecular weight excluding hydrogens is 338 g/mol. The molecule has 2 fully saturated rings. The third-order valence-corrected chi connectivity index (χ3v) is 5.78. The fraction of sp³-hybridized carbons (Fsp3) is 0.571. The fourth-order valence-corrected chi connectivity index (χ4v) is 4.01. The fourth-order valence-electron chi connectivity index (χ4n) is 4.01. The third-order valence-electron chi connectivity index (χ3n) is 5.78. The number of carbonyl (C=O) groups excluding carboxylic acids is 1. The Morgan fingerprint density at radius 2 is 2.04 bits per heavy atom. The highest BCUT2D eigenvalue weighted by molar-refractivity contribution is 5.93. The third kappa shape index (κ3) is 4.21. The van der Waals surface area contributed by atoms with Crippen LogP contribution < -0.4 is 0 Å². The molecule has 0 bridgehead atoms. The lowest BCUT2D eigenvalue weighted by atomic mass is 10.0. The van der Waals surface area contributed by atoms with E-state index in [-0.39, 0.29) is 5.91 Å². The van der Waals surface area contributed by atoms with Gasteiger partial charge < -0.3 is 4.90 Å². The first-order valence-corrected chi connectivity index (χ1v) is 10.1. The molecule has 0 radical (unpaired) electrons. The number of nitrogens with zero attached hydrogens (tertiary/aromatic N) is 4. The molecule has 6 nitrogen and oxygen atoms in total. The number of hydrogen-bond donors (Lipinski definition) is 1. The molecule has 2 aliphatic rings. The first-order chi connectivity index (χ1) is 13.1. The number of aromatic nitrogens is 3. The van der Waals surface area contributed by atoms with Gasteiger partial charge in [0.05, 0.1) is 5.69 Å². The molecule has 1 aliphatic heterocycles. The molecule has 1 N–H and O–H groups in total. The van der Waals surface area contributed by atoms with Crippen molar-refractivity contribution in [3.63, 3.8) is 0 Å². The van der Waals surface area contributed by atoms with Crippen molar-refractivity contribution in [1.82, 2.24) is 25.0 Å². The highest BCUT2D eigenvalue weighted by Crippen LogP contribution is 2.32.